The van der Waals surface area contributed by atoms with Crippen LogP contribution in [0.15, 0.2) is 16.9 Å². The summed E-state index contributed by atoms with van der Waals surface area (Å²) >= 11 is 0. The van der Waals surface area contributed by atoms with Gasteiger partial charge in [0, 0.05) is 18.7 Å². The molecule has 98 valence electrons. The molecular weight excluding hydrogens is 232 g/mol. The molecule has 1 aliphatic heterocycles. The highest BCUT2D eigenvalue weighted by atomic mass is 16.2. The number of aromatic nitrogens is 2. The maximum Gasteiger partial charge on any atom is 0.274 e. The van der Waals surface area contributed by atoms with E-state index in [1.54, 1.807) is 0 Å². The van der Waals surface area contributed by atoms with Crippen molar-refractivity contribution in [2.45, 2.75) is 25.8 Å². The largest absolute Gasteiger partial charge is 0.334 e. The highest BCUT2D eigenvalue weighted by molar-refractivity contribution is 5.92. The number of rotatable bonds is 3. The first-order valence-electron chi connectivity index (χ1n) is 6.29. The zero-order chi connectivity index (χ0) is 13.0. The summed E-state index contributed by atoms with van der Waals surface area (Å²) in [6, 6.07) is 3.07. The number of nitrogens with zero attached hydrogens (tertiary/aromatic N) is 2. The molecule has 0 radical (unpaired) electrons. The van der Waals surface area contributed by atoms with Gasteiger partial charge in [-0.3, -0.25) is 9.59 Å². The minimum atomic E-state index is -0.295. The van der Waals surface area contributed by atoms with Crippen LogP contribution < -0.4 is 10.9 Å². The lowest BCUT2D eigenvalue weighted by Crippen LogP contribution is -2.46. The van der Waals surface area contributed by atoms with Crippen LogP contribution in [0.25, 0.3) is 0 Å². The van der Waals surface area contributed by atoms with E-state index in [9.17, 15) is 9.59 Å². The fourth-order valence-corrected chi connectivity index (χ4v) is 2.30. The van der Waals surface area contributed by atoms with Gasteiger partial charge in [0.15, 0.2) is 0 Å². The molecule has 6 nitrogen and oxygen atoms in total. The van der Waals surface area contributed by atoms with E-state index in [1.807, 2.05) is 11.8 Å². The van der Waals surface area contributed by atoms with E-state index in [-0.39, 0.29) is 17.5 Å². The number of hydrogen-bond donors (Lipinski definition) is 2. The third-order valence-corrected chi connectivity index (χ3v) is 3.25. The minimum absolute atomic E-state index is 0.111. The molecule has 0 bridgehead atoms. The Morgan fingerprint density at radius 1 is 1.44 bits per heavy atom. The number of aromatic amines is 1. The van der Waals surface area contributed by atoms with Gasteiger partial charge in [-0.15, -0.1) is 0 Å². The molecule has 0 aliphatic carbocycles. The lowest BCUT2D eigenvalue weighted by atomic mass is 10.0. The van der Waals surface area contributed by atoms with Gasteiger partial charge in [-0.2, -0.15) is 5.10 Å². The second-order valence-corrected chi connectivity index (χ2v) is 4.38. The van der Waals surface area contributed by atoms with Crippen LogP contribution in [0.5, 0.6) is 0 Å². The lowest BCUT2D eigenvalue weighted by Gasteiger charge is -2.33. The number of carbonyl (C=O) groups excluding carboxylic acids is 1. The Labute approximate surface area is 105 Å². The minimum Gasteiger partial charge on any atom is -0.334 e. The van der Waals surface area contributed by atoms with Gasteiger partial charge in [-0.1, -0.05) is 0 Å². The third-order valence-electron chi connectivity index (χ3n) is 3.25. The normalized spacial score (nSPS) is 16.5. The molecule has 18 heavy (non-hydrogen) atoms. The average molecular weight is 250 g/mol. The molecule has 1 saturated heterocycles. The molecule has 1 amide bonds. The summed E-state index contributed by atoms with van der Waals surface area (Å²) in [5.41, 5.74) is 0.00597. The van der Waals surface area contributed by atoms with Crippen LogP contribution in [0.2, 0.25) is 0 Å². The summed E-state index contributed by atoms with van der Waals surface area (Å²) in [4.78, 5) is 25.1. The maximum absolute atomic E-state index is 12.3. The van der Waals surface area contributed by atoms with Crippen LogP contribution in [0.1, 0.15) is 30.3 Å². The molecule has 0 atom stereocenters. The van der Waals surface area contributed by atoms with Crippen molar-refractivity contribution in [2.24, 2.45) is 0 Å². The number of H-pyrrole nitrogens is 1. The number of piperidine rings is 1. The number of carbonyl (C=O) groups is 1. The fourth-order valence-electron chi connectivity index (χ4n) is 2.30. The molecule has 1 fully saturated rings. The molecule has 2 rings (SSSR count). The van der Waals surface area contributed by atoms with Gasteiger partial charge < -0.3 is 10.2 Å². The van der Waals surface area contributed by atoms with Gasteiger partial charge in [-0.25, -0.2) is 5.10 Å². The lowest BCUT2D eigenvalue weighted by molar-refractivity contribution is 0.0648. The van der Waals surface area contributed by atoms with Crippen molar-refractivity contribution in [1.82, 2.24) is 20.4 Å². The van der Waals surface area contributed by atoms with Gasteiger partial charge in [0.1, 0.15) is 5.69 Å². The number of amides is 1. The van der Waals surface area contributed by atoms with Crippen molar-refractivity contribution in [3.05, 3.63) is 28.2 Å². The van der Waals surface area contributed by atoms with E-state index >= 15 is 0 Å². The summed E-state index contributed by atoms with van der Waals surface area (Å²) < 4.78 is 0. The first kappa shape index (κ1) is 12.8. The third kappa shape index (κ3) is 2.76. The van der Waals surface area contributed by atoms with E-state index in [0.29, 0.717) is 12.2 Å². The Balaban J connectivity index is 2.13. The molecule has 6 heteroatoms. The Morgan fingerprint density at radius 2 is 2.17 bits per heavy atom. The van der Waals surface area contributed by atoms with Crippen LogP contribution >= 0.6 is 0 Å². The average Bonchev–Trinajstić information content (AvgIpc) is 2.41. The fraction of sp³-hybridized carbons (Fsp3) is 0.583. The highest BCUT2D eigenvalue weighted by Crippen LogP contribution is 2.13. The molecule has 1 aliphatic rings. The molecule has 0 unspecified atom stereocenters. The van der Waals surface area contributed by atoms with E-state index in [4.69, 9.17) is 0 Å². The van der Waals surface area contributed by atoms with Crippen molar-refractivity contribution in [3.8, 4) is 0 Å². The van der Waals surface area contributed by atoms with E-state index in [1.165, 1.54) is 12.1 Å². The van der Waals surface area contributed by atoms with Crippen LogP contribution in [-0.2, 0) is 0 Å². The van der Waals surface area contributed by atoms with Crippen molar-refractivity contribution < 1.29 is 4.79 Å². The van der Waals surface area contributed by atoms with Crippen molar-refractivity contribution >= 4 is 5.91 Å². The summed E-state index contributed by atoms with van der Waals surface area (Å²) in [7, 11) is 0. The molecule has 1 aromatic heterocycles. The second-order valence-electron chi connectivity index (χ2n) is 4.38. The number of nitrogens with one attached hydrogen (secondary N) is 2. The summed E-state index contributed by atoms with van der Waals surface area (Å²) in [6.07, 6.45) is 1.92. The van der Waals surface area contributed by atoms with E-state index < -0.39 is 0 Å². The summed E-state index contributed by atoms with van der Waals surface area (Å²) in [6.45, 7) is 4.50. The van der Waals surface area contributed by atoms with Crippen LogP contribution in [0.3, 0.4) is 0 Å². The Morgan fingerprint density at radius 3 is 2.72 bits per heavy atom. The van der Waals surface area contributed by atoms with Crippen LogP contribution in [-0.4, -0.2) is 46.7 Å². The molecule has 1 aromatic rings. The predicted molar refractivity (Wildman–Crippen MR) is 67.5 cm³/mol. The van der Waals surface area contributed by atoms with E-state index in [0.717, 1.165) is 25.9 Å². The predicted octanol–water partition coefficient (Wildman–Crippen LogP) is -0.0160. The first-order valence-corrected chi connectivity index (χ1v) is 6.29. The van der Waals surface area contributed by atoms with Crippen molar-refractivity contribution in [2.75, 3.05) is 19.6 Å². The Bertz CT molecular complexity index is 445. The molecule has 0 aromatic carbocycles. The van der Waals surface area contributed by atoms with Gasteiger partial charge in [0.05, 0.1) is 0 Å². The molecule has 2 heterocycles. The monoisotopic (exact) mass is 250 g/mol. The van der Waals surface area contributed by atoms with E-state index in [2.05, 4.69) is 15.5 Å². The highest BCUT2D eigenvalue weighted by Gasteiger charge is 2.25. The SMILES string of the molecule is CCN(C(=O)c1ccc(=O)[nH]n1)C1CCNCC1. The quantitative estimate of drug-likeness (QED) is 0.790. The van der Waals surface area contributed by atoms with Crippen LogP contribution in [0, 0.1) is 0 Å². The summed E-state index contributed by atoms with van der Waals surface area (Å²) in [5.74, 6) is -0.111. The van der Waals surface area contributed by atoms with Crippen molar-refractivity contribution in [1.29, 1.82) is 0 Å². The second kappa shape index (κ2) is 5.77. The smallest absolute Gasteiger partial charge is 0.274 e. The standard InChI is InChI=1S/C12H18N4O2/c1-2-16(9-5-7-13-8-6-9)12(18)10-3-4-11(17)15-14-10/h3-4,9,13H,2,5-8H2,1H3,(H,15,17). The maximum atomic E-state index is 12.3. The van der Waals surface area contributed by atoms with Crippen LogP contribution in [0.4, 0.5) is 0 Å². The molecule has 0 spiro atoms. The topological polar surface area (TPSA) is 78.1 Å². The van der Waals surface area contributed by atoms with Gasteiger partial charge in [0.25, 0.3) is 11.5 Å². The molecule has 0 saturated carbocycles. The summed E-state index contributed by atoms with van der Waals surface area (Å²) in [5, 5.41) is 9.37. The first-order chi connectivity index (χ1) is 8.72. The van der Waals surface area contributed by atoms with Gasteiger partial charge >= 0.3 is 0 Å². The van der Waals surface area contributed by atoms with Crippen molar-refractivity contribution in [3.63, 3.8) is 0 Å². The molecular formula is C12H18N4O2. The zero-order valence-corrected chi connectivity index (χ0v) is 10.5. The number of hydrogen-bond acceptors (Lipinski definition) is 4. The Kier molecular flexibility index (Phi) is 4.09. The Hall–Kier alpha value is -1.69. The van der Waals surface area contributed by atoms with Gasteiger partial charge in [-0.05, 0) is 38.9 Å². The zero-order valence-electron chi connectivity index (χ0n) is 10.5. The molecule has 2 N–H and O–H groups in total. The van der Waals surface area contributed by atoms with Gasteiger partial charge in [0.2, 0.25) is 0 Å².